The van der Waals surface area contributed by atoms with Crippen molar-refractivity contribution in [1.29, 1.82) is 0 Å². The molecule has 0 aliphatic heterocycles. The molecule has 0 saturated carbocycles. The molecule has 0 radical (unpaired) electrons. The maximum Gasteiger partial charge on any atom is 0.225 e. The number of amides is 1. The zero-order valence-electron chi connectivity index (χ0n) is 11.6. The lowest BCUT2D eigenvalue weighted by atomic mass is 10.2. The van der Waals surface area contributed by atoms with Gasteiger partial charge in [0.1, 0.15) is 6.33 Å². The van der Waals surface area contributed by atoms with Gasteiger partial charge < -0.3 is 10.6 Å². The average Bonchev–Trinajstić information content (AvgIpc) is 2.95. The van der Waals surface area contributed by atoms with Gasteiger partial charge in [-0.15, -0.1) is 5.10 Å². The Morgan fingerprint density at radius 1 is 1.40 bits per heavy atom. The molecule has 0 bridgehead atoms. The second-order valence-electron chi connectivity index (χ2n) is 4.41. The number of carbonyl (C=O) groups excluding carboxylic acids is 1. The Morgan fingerprint density at radius 3 is 2.95 bits per heavy atom. The van der Waals surface area contributed by atoms with E-state index in [4.69, 9.17) is 0 Å². The maximum absolute atomic E-state index is 11.8. The second-order valence-corrected chi connectivity index (χ2v) is 4.41. The fraction of sp³-hybridized carbons (Fsp3) is 0.385. The number of benzene rings is 1. The summed E-state index contributed by atoms with van der Waals surface area (Å²) in [5.74, 6) is -0.0162. The summed E-state index contributed by atoms with van der Waals surface area (Å²) in [4.78, 5) is 11.8. The van der Waals surface area contributed by atoms with E-state index in [0.29, 0.717) is 13.0 Å². The standard InChI is InChI=1S/C13H18N6O/c1-3-14-7-6-13(20)16-11-5-4-10(2)12(8-11)19-9-15-17-18-19/h4-5,8-9,14H,3,6-7H2,1-2H3,(H,16,20). The van der Waals surface area contributed by atoms with Crippen LogP contribution in [0.2, 0.25) is 0 Å². The molecule has 7 heteroatoms. The molecule has 0 aliphatic rings. The van der Waals surface area contributed by atoms with Crippen LogP contribution in [0.25, 0.3) is 5.69 Å². The number of rotatable bonds is 6. The van der Waals surface area contributed by atoms with Crippen LogP contribution in [0, 0.1) is 6.92 Å². The molecule has 2 aromatic rings. The van der Waals surface area contributed by atoms with E-state index in [9.17, 15) is 4.79 Å². The summed E-state index contributed by atoms with van der Waals surface area (Å²) in [6.07, 6.45) is 1.97. The van der Waals surface area contributed by atoms with Gasteiger partial charge in [-0.3, -0.25) is 4.79 Å². The number of hydrogen-bond acceptors (Lipinski definition) is 5. The van der Waals surface area contributed by atoms with Crippen molar-refractivity contribution in [2.75, 3.05) is 18.4 Å². The molecule has 0 spiro atoms. The molecule has 0 saturated heterocycles. The highest BCUT2D eigenvalue weighted by Gasteiger charge is 2.06. The van der Waals surface area contributed by atoms with Gasteiger partial charge in [-0.25, -0.2) is 4.68 Å². The Balaban J connectivity index is 2.06. The van der Waals surface area contributed by atoms with Crippen molar-refractivity contribution in [1.82, 2.24) is 25.5 Å². The van der Waals surface area contributed by atoms with E-state index >= 15 is 0 Å². The number of aromatic nitrogens is 4. The van der Waals surface area contributed by atoms with E-state index in [1.165, 1.54) is 6.33 Å². The van der Waals surface area contributed by atoms with Gasteiger partial charge in [-0.2, -0.15) is 0 Å². The molecule has 0 aliphatic carbocycles. The van der Waals surface area contributed by atoms with Crippen LogP contribution in [0.3, 0.4) is 0 Å². The van der Waals surface area contributed by atoms with Gasteiger partial charge in [0.15, 0.2) is 0 Å². The van der Waals surface area contributed by atoms with E-state index < -0.39 is 0 Å². The molecule has 1 heterocycles. The van der Waals surface area contributed by atoms with Crippen molar-refractivity contribution in [3.8, 4) is 5.69 Å². The van der Waals surface area contributed by atoms with Crippen molar-refractivity contribution in [3.63, 3.8) is 0 Å². The lowest BCUT2D eigenvalue weighted by Gasteiger charge is -2.09. The smallest absolute Gasteiger partial charge is 0.225 e. The first-order valence-corrected chi connectivity index (χ1v) is 6.55. The molecule has 2 N–H and O–H groups in total. The summed E-state index contributed by atoms with van der Waals surface area (Å²) in [6.45, 7) is 5.51. The molecule has 0 fully saturated rings. The van der Waals surface area contributed by atoms with Crippen molar-refractivity contribution in [3.05, 3.63) is 30.1 Å². The van der Waals surface area contributed by atoms with Crippen molar-refractivity contribution >= 4 is 11.6 Å². The molecule has 0 unspecified atom stereocenters. The van der Waals surface area contributed by atoms with Crippen LogP contribution in [0.15, 0.2) is 24.5 Å². The summed E-state index contributed by atoms with van der Waals surface area (Å²) < 4.78 is 1.57. The van der Waals surface area contributed by atoms with Gasteiger partial charge in [0, 0.05) is 18.7 Å². The molecular formula is C13H18N6O. The van der Waals surface area contributed by atoms with Crippen molar-refractivity contribution in [2.45, 2.75) is 20.3 Å². The first kappa shape index (κ1) is 14.1. The summed E-state index contributed by atoms with van der Waals surface area (Å²) in [6, 6.07) is 5.65. The molecule has 1 aromatic carbocycles. The number of hydrogen-bond donors (Lipinski definition) is 2. The third-order valence-electron chi connectivity index (χ3n) is 2.87. The summed E-state index contributed by atoms with van der Waals surface area (Å²) in [7, 11) is 0. The third-order valence-corrected chi connectivity index (χ3v) is 2.87. The summed E-state index contributed by atoms with van der Waals surface area (Å²) in [5.41, 5.74) is 2.62. The summed E-state index contributed by atoms with van der Waals surface area (Å²) >= 11 is 0. The van der Waals surface area contributed by atoms with Crippen LogP contribution in [-0.2, 0) is 4.79 Å². The lowest BCUT2D eigenvalue weighted by molar-refractivity contribution is -0.116. The minimum absolute atomic E-state index is 0.0162. The third kappa shape index (κ3) is 3.61. The van der Waals surface area contributed by atoms with Crippen LogP contribution in [0.5, 0.6) is 0 Å². The SMILES string of the molecule is CCNCCC(=O)Nc1ccc(C)c(-n2cnnn2)c1. The first-order chi connectivity index (χ1) is 9.70. The van der Waals surface area contributed by atoms with Crippen LogP contribution >= 0.6 is 0 Å². The lowest BCUT2D eigenvalue weighted by Crippen LogP contribution is -2.21. The molecule has 0 atom stereocenters. The predicted molar refractivity (Wildman–Crippen MR) is 75.7 cm³/mol. The molecule has 1 aromatic heterocycles. The molecular weight excluding hydrogens is 256 g/mol. The van der Waals surface area contributed by atoms with Crippen molar-refractivity contribution < 1.29 is 4.79 Å². The topological polar surface area (TPSA) is 84.7 Å². The average molecular weight is 274 g/mol. The van der Waals surface area contributed by atoms with E-state index in [2.05, 4.69) is 26.2 Å². The minimum Gasteiger partial charge on any atom is -0.326 e. The Hall–Kier alpha value is -2.28. The van der Waals surface area contributed by atoms with Crippen LogP contribution in [-0.4, -0.2) is 39.2 Å². The highest BCUT2D eigenvalue weighted by atomic mass is 16.1. The van der Waals surface area contributed by atoms with Gasteiger partial charge in [-0.1, -0.05) is 13.0 Å². The van der Waals surface area contributed by atoms with E-state index in [1.807, 2.05) is 32.0 Å². The number of anilines is 1. The second kappa shape index (κ2) is 6.76. The highest BCUT2D eigenvalue weighted by molar-refractivity contribution is 5.91. The fourth-order valence-corrected chi connectivity index (χ4v) is 1.81. The zero-order valence-corrected chi connectivity index (χ0v) is 11.6. The number of carbonyl (C=O) groups is 1. The highest BCUT2D eigenvalue weighted by Crippen LogP contribution is 2.18. The Morgan fingerprint density at radius 2 is 2.25 bits per heavy atom. The Labute approximate surface area is 117 Å². The molecule has 7 nitrogen and oxygen atoms in total. The number of aryl methyl sites for hydroxylation is 1. The molecule has 20 heavy (non-hydrogen) atoms. The van der Waals surface area contributed by atoms with Gasteiger partial charge in [-0.05, 0) is 41.6 Å². The van der Waals surface area contributed by atoms with Gasteiger partial charge in [0.2, 0.25) is 5.91 Å². The minimum atomic E-state index is -0.0162. The van der Waals surface area contributed by atoms with E-state index in [-0.39, 0.29) is 5.91 Å². The zero-order chi connectivity index (χ0) is 14.4. The van der Waals surface area contributed by atoms with Gasteiger partial charge in [0.05, 0.1) is 5.69 Å². The quantitative estimate of drug-likeness (QED) is 0.765. The number of nitrogens with one attached hydrogen (secondary N) is 2. The number of tetrazole rings is 1. The normalized spacial score (nSPS) is 10.5. The van der Waals surface area contributed by atoms with E-state index in [1.54, 1.807) is 4.68 Å². The maximum atomic E-state index is 11.8. The van der Waals surface area contributed by atoms with E-state index in [0.717, 1.165) is 23.5 Å². The Bertz CT molecular complexity index is 566. The van der Waals surface area contributed by atoms with Crippen molar-refractivity contribution in [2.24, 2.45) is 0 Å². The Kier molecular flexibility index (Phi) is 4.78. The summed E-state index contributed by atoms with van der Waals surface area (Å²) in [5, 5.41) is 17.1. The van der Waals surface area contributed by atoms with Gasteiger partial charge >= 0.3 is 0 Å². The molecule has 106 valence electrons. The molecule has 1 amide bonds. The number of nitrogens with zero attached hydrogens (tertiary/aromatic N) is 4. The van der Waals surface area contributed by atoms with Gasteiger partial charge in [0.25, 0.3) is 0 Å². The largest absolute Gasteiger partial charge is 0.326 e. The van der Waals surface area contributed by atoms with Crippen LogP contribution < -0.4 is 10.6 Å². The van der Waals surface area contributed by atoms with Crippen LogP contribution in [0.4, 0.5) is 5.69 Å². The fourth-order valence-electron chi connectivity index (χ4n) is 1.81. The first-order valence-electron chi connectivity index (χ1n) is 6.55. The van der Waals surface area contributed by atoms with Crippen LogP contribution in [0.1, 0.15) is 18.9 Å². The predicted octanol–water partition coefficient (Wildman–Crippen LogP) is 0.909. The molecule has 2 rings (SSSR count). The monoisotopic (exact) mass is 274 g/mol.